The fourth-order valence-electron chi connectivity index (χ4n) is 3.65. The molecule has 0 unspecified atom stereocenters. The minimum atomic E-state index is -0.754. The Morgan fingerprint density at radius 2 is 1.76 bits per heavy atom. The molecule has 3 aromatic carbocycles. The van der Waals surface area contributed by atoms with Gasteiger partial charge in [-0.25, -0.2) is 14.8 Å². The van der Waals surface area contributed by atoms with Crippen molar-refractivity contribution >= 4 is 90.0 Å². The van der Waals surface area contributed by atoms with Gasteiger partial charge in [0.25, 0.3) is 11.6 Å². The number of carbonyl (C=O) groups excluding carboxylic acids is 2. The molecule has 0 saturated carbocycles. The van der Waals surface area contributed by atoms with Crippen molar-refractivity contribution in [2.24, 2.45) is 0 Å². The van der Waals surface area contributed by atoms with Gasteiger partial charge in [0, 0.05) is 23.1 Å². The summed E-state index contributed by atoms with van der Waals surface area (Å²) in [6.45, 7) is -0.589. The molecule has 1 N–H and O–H groups in total. The predicted molar refractivity (Wildman–Crippen MR) is 147 cm³/mol. The molecule has 38 heavy (non-hydrogen) atoms. The Bertz CT molecular complexity index is 1780. The molecule has 1 amide bonds. The summed E-state index contributed by atoms with van der Waals surface area (Å²) in [5.41, 5.74) is 1.92. The van der Waals surface area contributed by atoms with E-state index in [0.29, 0.717) is 32.4 Å². The highest BCUT2D eigenvalue weighted by Crippen LogP contribution is 2.38. The standard InChI is InChI=1S/C25H13Cl3N4O5S/c26-16-7-6-14(22(27)23(16)28)19-10-15(13-3-1-2-4-17(13)29-19)24(34)37-11-21(33)31-25-30-18-8-5-12(32(35)36)9-20(18)38-25/h1-10H,11H2,(H,30,31,33). The van der Waals surface area contributed by atoms with Crippen LogP contribution in [0.25, 0.3) is 32.4 Å². The summed E-state index contributed by atoms with van der Waals surface area (Å²) in [4.78, 5) is 44.8. The normalized spacial score (nSPS) is 11.0. The van der Waals surface area contributed by atoms with Gasteiger partial charge in [0.15, 0.2) is 11.7 Å². The summed E-state index contributed by atoms with van der Waals surface area (Å²) >= 11 is 19.7. The van der Waals surface area contributed by atoms with E-state index in [-0.39, 0.29) is 31.5 Å². The minimum absolute atomic E-state index is 0.0842. The first-order chi connectivity index (χ1) is 18.2. The number of halogens is 3. The first-order valence-electron chi connectivity index (χ1n) is 10.8. The van der Waals surface area contributed by atoms with Gasteiger partial charge in [-0.3, -0.25) is 20.2 Å². The molecule has 0 aliphatic carbocycles. The van der Waals surface area contributed by atoms with E-state index < -0.39 is 23.4 Å². The van der Waals surface area contributed by atoms with Gasteiger partial charge >= 0.3 is 5.97 Å². The van der Waals surface area contributed by atoms with Crippen molar-refractivity contribution in [3.63, 3.8) is 0 Å². The monoisotopic (exact) mass is 586 g/mol. The van der Waals surface area contributed by atoms with Crippen molar-refractivity contribution in [3.05, 3.63) is 91.4 Å². The van der Waals surface area contributed by atoms with Gasteiger partial charge in [0.05, 0.1) is 47.0 Å². The first kappa shape index (κ1) is 25.8. The molecule has 0 bridgehead atoms. The van der Waals surface area contributed by atoms with Crippen LogP contribution in [0, 0.1) is 10.1 Å². The van der Waals surface area contributed by atoms with Crippen molar-refractivity contribution in [1.82, 2.24) is 9.97 Å². The second-order valence-corrected chi connectivity index (χ2v) is 10.0. The third-order valence-corrected chi connectivity index (χ3v) is 7.64. The van der Waals surface area contributed by atoms with Crippen LogP contribution in [0.15, 0.2) is 60.7 Å². The van der Waals surface area contributed by atoms with E-state index in [9.17, 15) is 19.7 Å². The number of nitro groups is 1. The van der Waals surface area contributed by atoms with E-state index in [1.165, 1.54) is 24.3 Å². The van der Waals surface area contributed by atoms with Gasteiger partial charge in [-0.05, 0) is 30.3 Å². The summed E-state index contributed by atoms with van der Waals surface area (Å²) in [5.74, 6) is -1.38. The number of para-hydroxylation sites is 1. The summed E-state index contributed by atoms with van der Waals surface area (Å²) in [6.07, 6.45) is 0. The highest BCUT2D eigenvalue weighted by Gasteiger charge is 2.19. The maximum Gasteiger partial charge on any atom is 0.339 e. The summed E-state index contributed by atoms with van der Waals surface area (Å²) in [5, 5.41) is 14.9. The summed E-state index contributed by atoms with van der Waals surface area (Å²) in [6, 6.07) is 15.9. The highest BCUT2D eigenvalue weighted by molar-refractivity contribution is 7.22. The Kier molecular flexibility index (Phi) is 7.13. The topological polar surface area (TPSA) is 124 Å². The van der Waals surface area contributed by atoms with E-state index in [1.54, 1.807) is 36.4 Å². The number of non-ortho nitro benzene ring substituents is 1. The largest absolute Gasteiger partial charge is 0.452 e. The molecular formula is C25H13Cl3N4O5S. The molecule has 9 nitrogen and oxygen atoms in total. The van der Waals surface area contributed by atoms with Crippen LogP contribution in [0.4, 0.5) is 10.8 Å². The SMILES string of the molecule is O=C(COC(=O)c1cc(-c2ccc(Cl)c(Cl)c2Cl)nc2ccccc12)Nc1nc2ccc([N+](=O)[O-])cc2s1. The lowest BCUT2D eigenvalue weighted by Crippen LogP contribution is -2.21. The zero-order chi connectivity index (χ0) is 27.0. The van der Waals surface area contributed by atoms with E-state index >= 15 is 0 Å². The molecule has 0 spiro atoms. The molecule has 2 aromatic heterocycles. The Balaban J connectivity index is 1.36. The van der Waals surface area contributed by atoms with Crippen molar-refractivity contribution in [3.8, 4) is 11.3 Å². The van der Waals surface area contributed by atoms with Crippen LogP contribution < -0.4 is 5.32 Å². The second-order valence-electron chi connectivity index (χ2n) is 7.85. The number of hydrogen-bond donors (Lipinski definition) is 1. The van der Waals surface area contributed by atoms with E-state index in [0.717, 1.165) is 11.3 Å². The number of aromatic nitrogens is 2. The number of thiazole rings is 1. The second kappa shape index (κ2) is 10.5. The number of hydrogen-bond acceptors (Lipinski definition) is 8. The zero-order valence-electron chi connectivity index (χ0n) is 18.9. The first-order valence-corrected chi connectivity index (χ1v) is 12.7. The Hall–Kier alpha value is -3.83. The maximum atomic E-state index is 13.1. The fourth-order valence-corrected chi connectivity index (χ4v) is 5.20. The van der Waals surface area contributed by atoms with E-state index in [2.05, 4.69) is 15.3 Å². The van der Waals surface area contributed by atoms with Gasteiger partial charge in [-0.2, -0.15) is 0 Å². The lowest BCUT2D eigenvalue weighted by molar-refractivity contribution is -0.384. The van der Waals surface area contributed by atoms with Gasteiger partial charge in [-0.15, -0.1) is 0 Å². The number of esters is 1. The molecule has 5 rings (SSSR count). The lowest BCUT2D eigenvalue weighted by atomic mass is 10.0. The Morgan fingerprint density at radius 3 is 2.55 bits per heavy atom. The van der Waals surface area contributed by atoms with Crippen LogP contribution >= 0.6 is 46.1 Å². The van der Waals surface area contributed by atoms with E-state index in [1.807, 2.05) is 0 Å². The number of rotatable bonds is 6. The van der Waals surface area contributed by atoms with Gasteiger partial charge < -0.3 is 4.74 Å². The summed E-state index contributed by atoms with van der Waals surface area (Å²) < 4.78 is 5.82. The van der Waals surface area contributed by atoms with Gasteiger partial charge in [-0.1, -0.05) is 64.3 Å². The van der Waals surface area contributed by atoms with Gasteiger partial charge in [0.2, 0.25) is 0 Å². The predicted octanol–water partition coefficient (Wildman–Crippen LogP) is 7.18. The number of nitro benzene ring substituents is 1. The van der Waals surface area contributed by atoms with Crippen molar-refractivity contribution in [2.45, 2.75) is 0 Å². The molecule has 13 heteroatoms. The number of anilines is 1. The minimum Gasteiger partial charge on any atom is -0.452 e. The number of benzene rings is 3. The molecule has 0 radical (unpaired) electrons. The fraction of sp³-hybridized carbons (Fsp3) is 0.0400. The molecule has 2 heterocycles. The number of nitrogens with zero attached hydrogens (tertiary/aromatic N) is 3. The van der Waals surface area contributed by atoms with Crippen LogP contribution in [0.1, 0.15) is 10.4 Å². The maximum absolute atomic E-state index is 13.1. The Labute approximate surface area is 233 Å². The lowest BCUT2D eigenvalue weighted by Gasteiger charge is -2.12. The number of fused-ring (bicyclic) bond motifs is 2. The number of amides is 1. The van der Waals surface area contributed by atoms with Crippen LogP contribution in [0.2, 0.25) is 15.1 Å². The average Bonchev–Trinajstić information content (AvgIpc) is 3.31. The third kappa shape index (κ3) is 5.11. The third-order valence-electron chi connectivity index (χ3n) is 5.41. The average molecular weight is 588 g/mol. The Morgan fingerprint density at radius 1 is 0.974 bits per heavy atom. The number of carbonyl (C=O) groups is 2. The molecule has 0 saturated heterocycles. The number of pyridine rings is 1. The zero-order valence-corrected chi connectivity index (χ0v) is 22.0. The smallest absolute Gasteiger partial charge is 0.339 e. The van der Waals surface area contributed by atoms with Gasteiger partial charge in [0.1, 0.15) is 0 Å². The molecular weight excluding hydrogens is 575 g/mol. The quantitative estimate of drug-likeness (QED) is 0.0966. The summed E-state index contributed by atoms with van der Waals surface area (Å²) in [7, 11) is 0. The van der Waals surface area contributed by atoms with Crippen LogP contribution in [-0.4, -0.2) is 33.4 Å². The van der Waals surface area contributed by atoms with Crippen LogP contribution in [-0.2, 0) is 9.53 Å². The van der Waals surface area contributed by atoms with E-state index in [4.69, 9.17) is 39.5 Å². The molecule has 0 aliphatic rings. The van der Waals surface area contributed by atoms with Crippen molar-refractivity contribution in [2.75, 3.05) is 11.9 Å². The number of ether oxygens (including phenoxy) is 1. The number of nitrogens with one attached hydrogen (secondary N) is 1. The molecule has 0 fully saturated rings. The molecule has 190 valence electrons. The highest BCUT2D eigenvalue weighted by atomic mass is 35.5. The molecule has 0 atom stereocenters. The van der Waals surface area contributed by atoms with Crippen LogP contribution in [0.5, 0.6) is 0 Å². The molecule has 5 aromatic rings. The molecule has 0 aliphatic heterocycles. The van der Waals surface area contributed by atoms with Crippen molar-refractivity contribution < 1.29 is 19.2 Å². The van der Waals surface area contributed by atoms with Crippen LogP contribution in [0.3, 0.4) is 0 Å². The van der Waals surface area contributed by atoms with Crippen molar-refractivity contribution in [1.29, 1.82) is 0 Å².